The maximum atomic E-state index is 12.3. The lowest BCUT2D eigenvalue weighted by molar-refractivity contribution is -0.255. The van der Waals surface area contributed by atoms with Crippen molar-refractivity contribution < 1.29 is 19.4 Å². The molecule has 0 aliphatic carbocycles. The molecule has 0 atom stereocenters. The molecule has 8 heteroatoms. The van der Waals surface area contributed by atoms with Crippen molar-refractivity contribution in [2.45, 2.75) is 0 Å². The van der Waals surface area contributed by atoms with Crippen molar-refractivity contribution in [2.24, 2.45) is 0 Å². The number of hydrogen-bond donors (Lipinski definition) is 1. The van der Waals surface area contributed by atoms with Gasteiger partial charge in [0.2, 0.25) is 0 Å². The number of ether oxygens (including phenoxy) is 2. The molecular weight excluding hydrogens is 396 g/mol. The lowest BCUT2D eigenvalue weighted by atomic mass is 10.1. The summed E-state index contributed by atoms with van der Waals surface area (Å²) in [6.07, 6.45) is 3.21. The normalized spacial score (nSPS) is 11.3. The topological polar surface area (TPSA) is 104 Å². The molecular formula is C21H16ClN2O5-. The molecule has 0 fully saturated rings. The first-order chi connectivity index (χ1) is 13.9. The number of carbonyl (C=O) groups excluding carboxylic acids is 1. The fourth-order valence-corrected chi connectivity index (χ4v) is 2.85. The summed E-state index contributed by atoms with van der Waals surface area (Å²) in [5.41, 5.74) is 0.362. The van der Waals surface area contributed by atoms with Crippen LogP contribution >= 0.6 is 11.6 Å². The van der Waals surface area contributed by atoms with Gasteiger partial charge in [-0.2, -0.15) is 0 Å². The molecule has 3 rings (SSSR count). The number of carbonyl (C=O) groups is 1. The van der Waals surface area contributed by atoms with E-state index in [1.165, 1.54) is 25.3 Å². The Hall–Kier alpha value is -3.58. The van der Waals surface area contributed by atoms with E-state index in [1.807, 2.05) is 0 Å². The number of H-pyrrole nitrogens is 1. The second-order valence-electron chi connectivity index (χ2n) is 5.94. The molecule has 1 heterocycles. The molecule has 2 aromatic carbocycles. The first-order valence-electron chi connectivity index (χ1n) is 8.47. The zero-order valence-corrected chi connectivity index (χ0v) is 16.2. The van der Waals surface area contributed by atoms with Crippen LogP contribution in [0.5, 0.6) is 11.5 Å². The average molecular weight is 412 g/mol. The highest BCUT2D eigenvalue weighted by molar-refractivity contribution is 6.50. The third-order valence-electron chi connectivity index (χ3n) is 4.01. The molecule has 0 aliphatic rings. The van der Waals surface area contributed by atoms with Gasteiger partial charge in [0.05, 0.1) is 29.0 Å². The van der Waals surface area contributed by atoms with Gasteiger partial charge in [-0.1, -0.05) is 36.4 Å². The molecule has 0 spiro atoms. The fourth-order valence-electron chi connectivity index (χ4n) is 2.64. The number of fused-ring (bicyclic) bond motifs is 1. The summed E-state index contributed by atoms with van der Waals surface area (Å²) in [4.78, 5) is 30.2. The molecule has 0 bridgehead atoms. The Bertz CT molecular complexity index is 1180. The summed E-state index contributed by atoms with van der Waals surface area (Å²) in [5, 5.41) is 11.5. The minimum absolute atomic E-state index is 0.0819. The van der Waals surface area contributed by atoms with Crippen molar-refractivity contribution in [2.75, 3.05) is 13.7 Å². The smallest absolute Gasteiger partial charge is 0.259 e. The van der Waals surface area contributed by atoms with Gasteiger partial charge >= 0.3 is 0 Å². The summed E-state index contributed by atoms with van der Waals surface area (Å²) < 4.78 is 10.8. The average Bonchev–Trinajstić information content (AvgIpc) is 2.72. The number of hydrogen-bond acceptors (Lipinski definition) is 6. The minimum Gasteiger partial charge on any atom is -0.545 e. The van der Waals surface area contributed by atoms with Crippen LogP contribution in [0.15, 0.2) is 53.8 Å². The third kappa shape index (κ3) is 4.47. The maximum absolute atomic E-state index is 12.3. The number of aromatic nitrogens is 2. The number of nitrogens with zero attached hydrogens (tertiary/aromatic N) is 1. The summed E-state index contributed by atoms with van der Waals surface area (Å²) in [7, 11) is 1.52. The quantitative estimate of drug-likeness (QED) is 0.599. The lowest BCUT2D eigenvalue weighted by Gasteiger charge is -2.10. The first-order valence-corrected chi connectivity index (χ1v) is 8.85. The number of rotatable bonds is 7. The summed E-state index contributed by atoms with van der Waals surface area (Å²) in [6.45, 7) is 3.94. The highest BCUT2D eigenvalue weighted by Gasteiger charge is 2.10. The van der Waals surface area contributed by atoms with Crippen molar-refractivity contribution in [3.8, 4) is 11.5 Å². The highest BCUT2D eigenvalue weighted by atomic mass is 35.5. The van der Waals surface area contributed by atoms with Crippen LogP contribution < -0.4 is 20.1 Å². The van der Waals surface area contributed by atoms with Crippen LogP contribution in [0.2, 0.25) is 0 Å². The maximum Gasteiger partial charge on any atom is 0.259 e. The van der Waals surface area contributed by atoms with Crippen LogP contribution in [0.25, 0.3) is 22.0 Å². The van der Waals surface area contributed by atoms with Gasteiger partial charge < -0.3 is 24.4 Å². The zero-order valence-electron chi connectivity index (χ0n) is 15.4. The Morgan fingerprint density at radius 2 is 2.07 bits per heavy atom. The minimum atomic E-state index is -1.36. The number of halogens is 1. The van der Waals surface area contributed by atoms with Crippen LogP contribution in [0.1, 0.15) is 21.7 Å². The largest absolute Gasteiger partial charge is 0.545 e. The van der Waals surface area contributed by atoms with Gasteiger partial charge in [0.15, 0.2) is 17.3 Å². The highest BCUT2D eigenvalue weighted by Crippen LogP contribution is 2.30. The molecule has 1 N–H and O–H groups in total. The predicted octanol–water partition coefficient (Wildman–Crippen LogP) is 2.60. The number of aromatic carboxylic acids is 1. The van der Waals surface area contributed by atoms with E-state index >= 15 is 0 Å². The van der Waals surface area contributed by atoms with Crippen molar-refractivity contribution in [3.05, 3.63) is 76.4 Å². The number of nitrogens with one attached hydrogen (secondary N) is 1. The Kier molecular flexibility index (Phi) is 5.99. The molecule has 0 saturated heterocycles. The Labute approximate surface area is 170 Å². The van der Waals surface area contributed by atoms with E-state index < -0.39 is 11.5 Å². The molecule has 0 radical (unpaired) electrons. The van der Waals surface area contributed by atoms with Crippen LogP contribution in [0, 0.1) is 0 Å². The molecule has 3 aromatic rings. The van der Waals surface area contributed by atoms with Crippen LogP contribution in [-0.2, 0) is 0 Å². The van der Waals surface area contributed by atoms with Crippen LogP contribution in [-0.4, -0.2) is 29.7 Å². The van der Waals surface area contributed by atoms with E-state index in [2.05, 4.69) is 16.5 Å². The van der Waals surface area contributed by atoms with Gasteiger partial charge in [-0.15, -0.1) is 0 Å². The summed E-state index contributed by atoms with van der Waals surface area (Å²) in [5.74, 6) is -0.204. The number of carboxylic acids is 1. The second kappa shape index (κ2) is 8.62. The number of aromatic amines is 1. The van der Waals surface area contributed by atoms with Crippen LogP contribution in [0.3, 0.4) is 0 Å². The van der Waals surface area contributed by atoms with Crippen molar-refractivity contribution in [1.82, 2.24) is 9.97 Å². The van der Waals surface area contributed by atoms with E-state index in [4.69, 9.17) is 21.1 Å². The number of carboxylic acid groups (broad SMARTS) is 1. The monoisotopic (exact) mass is 411 g/mol. The van der Waals surface area contributed by atoms with Gasteiger partial charge in [0, 0.05) is 0 Å². The van der Waals surface area contributed by atoms with E-state index in [-0.39, 0.29) is 27.3 Å². The number of benzene rings is 2. The Morgan fingerprint density at radius 1 is 1.28 bits per heavy atom. The van der Waals surface area contributed by atoms with Crippen molar-refractivity contribution in [3.63, 3.8) is 0 Å². The first kappa shape index (κ1) is 20.2. The predicted molar refractivity (Wildman–Crippen MR) is 109 cm³/mol. The van der Waals surface area contributed by atoms with Crippen LogP contribution in [0.4, 0.5) is 0 Å². The molecule has 0 amide bonds. The fraction of sp³-hybridized carbons (Fsp3) is 0.0952. The Morgan fingerprint density at radius 3 is 2.76 bits per heavy atom. The summed E-state index contributed by atoms with van der Waals surface area (Å²) >= 11 is 6.35. The van der Waals surface area contributed by atoms with Crippen molar-refractivity contribution in [1.29, 1.82) is 0 Å². The Balaban J connectivity index is 2.00. The van der Waals surface area contributed by atoms with E-state index in [0.717, 1.165) is 0 Å². The molecule has 0 saturated carbocycles. The van der Waals surface area contributed by atoms with E-state index in [0.29, 0.717) is 23.7 Å². The van der Waals surface area contributed by atoms with E-state index in [1.54, 1.807) is 30.4 Å². The number of methoxy groups -OCH3 is 1. The molecule has 29 heavy (non-hydrogen) atoms. The molecule has 148 valence electrons. The van der Waals surface area contributed by atoms with E-state index in [9.17, 15) is 14.7 Å². The SMILES string of the molecule is C=CCOc1ccc(/C=C(\Cl)c2nc3cc(C(=O)[O-])ccc3c(=O)[nH]2)cc1OC. The second-order valence-corrected chi connectivity index (χ2v) is 6.34. The molecule has 0 unspecified atom stereocenters. The van der Waals surface area contributed by atoms with Gasteiger partial charge in [-0.3, -0.25) is 4.79 Å². The van der Waals surface area contributed by atoms with Gasteiger partial charge in [-0.05, 0) is 41.5 Å². The van der Waals surface area contributed by atoms with Gasteiger partial charge in [-0.25, -0.2) is 4.98 Å². The molecule has 0 aliphatic heterocycles. The zero-order chi connectivity index (χ0) is 21.0. The summed E-state index contributed by atoms with van der Waals surface area (Å²) in [6, 6.07) is 9.13. The van der Waals surface area contributed by atoms with Crippen molar-refractivity contribution >= 4 is 39.6 Å². The lowest BCUT2D eigenvalue weighted by Crippen LogP contribution is -2.22. The molecule has 7 nitrogen and oxygen atoms in total. The van der Waals surface area contributed by atoms with Gasteiger partial charge in [0.1, 0.15) is 6.61 Å². The molecule has 1 aromatic heterocycles. The van der Waals surface area contributed by atoms with Gasteiger partial charge in [0.25, 0.3) is 5.56 Å². The third-order valence-corrected chi connectivity index (χ3v) is 4.29. The standard InChI is InChI=1S/C21H17ClN2O5/c1-3-8-29-17-7-4-12(10-18(17)28-2)9-15(22)19-23-16-11-13(21(26)27)5-6-14(16)20(25)24-19/h3-7,9-11H,1,8H2,2H3,(H,26,27)(H,23,24,25)/p-1/b15-9-.